The fraction of sp³-hybridized carbons (Fsp3) is 0.857. The maximum Gasteiger partial charge on any atom is 0.508 e. The van der Waals surface area contributed by atoms with E-state index >= 15 is 0 Å². The van der Waals surface area contributed by atoms with Crippen LogP contribution in [-0.4, -0.2) is 39.4 Å². The van der Waals surface area contributed by atoms with Gasteiger partial charge < -0.3 is 9.47 Å². The summed E-state index contributed by atoms with van der Waals surface area (Å²) in [5.41, 5.74) is 0. The van der Waals surface area contributed by atoms with Crippen LogP contribution in [0.5, 0.6) is 0 Å². The van der Waals surface area contributed by atoms with Gasteiger partial charge in [0.15, 0.2) is 6.10 Å². The predicted octanol–water partition coefficient (Wildman–Crippen LogP) is 0.574. The van der Waals surface area contributed by atoms with Crippen molar-refractivity contribution in [1.82, 2.24) is 0 Å². The molecule has 0 bridgehead atoms. The van der Waals surface area contributed by atoms with Gasteiger partial charge in [0.2, 0.25) is 0 Å². The summed E-state index contributed by atoms with van der Waals surface area (Å²) < 4.78 is 47.2. The Hall–Kier alpha value is -0.890. The second-order valence-corrected chi connectivity index (χ2v) is 4.57. The highest BCUT2D eigenvalue weighted by Crippen LogP contribution is 2.20. The van der Waals surface area contributed by atoms with E-state index in [-0.39, 0.29) is 6.61 Å². The summed E-state index contributed by atoms with van der Waals surface area (Å²) in [7, 11) is -3.92. The summed E-state index contributed by atoms with van der Waals surface area (Å²) >= 11 is 0. The van der Waals surface area contributed by atoms with Gasteiger partial charge >= 0.3 is 6.16 Å². The van der Waals surface area contributed by atoms with Crippen LogP contribution >= 0.6 is 0 Å². The van der Waals surface area contributed by atoms with Crippen molar-refractivity contribution in [2.45, 2.75) is 25.8 Å². The van der Waals surface area contributed by atoms with E-state index in [9.17, 15) is 17.6 Å². The lowest BCUT2D eigenvalue weighted by Crippen LogP contribution is -2.27. The quantitative estimate of drug-likeness (QED) is 0.532. The molecule has 1 rings (SSSR count). The first-order chi connectivity index (χ1) is 6.94. The minimum atomic E-state index is -3.92. The van der Waals surface area contributed by atoms with Gasteiger partial charge in [-0.25, -0.2) is 13.4 Å². The second kappa shape index (κ2) is 4.75. The topological polar surface area (TPSA) is 78.9 Å². The Bertz CT molecular complexity index is 326. The Balaban J connectivity index is 2.43. The molecule has 1 saturated heterocycles. The molecule has 1 aliphatic rings. The molecule has 0 aliphatic carbocycles. The van der Waals surface area contributed by atoms with Gasteiger partial charge in [-0.15, -0.1) is 0 Å². The molecule has 0 aromatic carbocycles. The first-order valence-corrected chi connectivity index (χ1v) is 5.91. The molecule has 8 heteroatoms. The van der Waals surface area contributed by atoms with Crippen molar-refractivity contribution < 1.29 is 31.3 Å². The molecular weight excluding hydrogens is 231 g/mol. The Morgan fingerprint density at radius 2 is 2.27 bits per heavy atom. The molecule has 0 amide bonds. The monoisotopic (exact) mass is 242 g/mol. The van der Waals surface area contributed by atoms with Crippen molar-refractivity contribution in [2.24, 2.45) is 0 Å². The van der Waals surface area contributed by atoms with E-state index in [4.69, 9.17) is 0 Å². The van der Waals surface area contributed by atoms with E-state index in [0.29, 0.717) is 6.42 Å². The molecule has 0 aromatic heterocycles. The lowest BCUT2D eigenvalue weighted by molar-refractivity contribution is -0.0439. The lowest BCUT2D eigenvalue weighted by Gasteiger charge is -2.10. The minimum Gasteiger partial charge on any atom is -0.434 e. The van der Waals surface area contributed by atoms with Crippen LogP contribution < -0.4 is 0 Å². The molecule has 0 saturated carbocycles. The number of hydrogen-bond acceptors (Lipinski definition) is 6. The largest absolute Gasteiger partial charge is 0.508 e. The summed E-state index contributed by atoms with van der Waals surface area (Å²) in [6.45, 7) is 1.91. The van der Waals surface area contributed by atoms with Crippen LogP contribution in [0.2, 0.25) is 0 Å². The highest BCUT2D eigenvalue weighted by molar-refractivity contribution is 7.87. The lowest BCUT2D eigenvalue weighted by atomic mass is 10.4. The number of carbonyl (C=O) groups is 1. The molecule has 0 radical (unpaired) electrons. The van der Waals surface area contributed by atoms with Gasteiger partial charge in [0, 0.05) is 0 Å². The van der Waals surface area contributed by atoms with Gasteiger partial charge in [-0.2, -0.15) is 8.42 Å². The molecule has 1 aliphatic heterocycles. The van der Waals surface area contributed by atoms with Crippen LogP contribution in [-0.2, 0) is 23.8 Å². The molecule has 0 aromatic rings. The Labute approximate surface area is 86.4 Å². The smallest absolute Gasteiger partial charge is 0.434 e. The summed E-state index contributed by atoms with van der Waals surface area (Å²) in [5.74, 6) is -0.685. The molecule has 88 valence electrons. The summed E-state index contributed by atoms with van der Waals surface area (Å²) in [6.07, 6.45) is -4.10. The van der Waals surface area contributed by atoms with E-state index in [2.05, 4.69) is 13.7 Å². The van der Waals surface area contributed by atoms with Crippen LogP contribution in [0, 0.1) is 0 Å². The third-order valence-electron chi connectivity index (χ3n) is 1.57. The van der Waals surface area contributed by atoms with Gasteiger partial charge in [-0.3, -0.25) is 0 Å². The SMILES string of the molecule is CCCOC(=O)OC1CS(=O)(=O)OC1F. The second-order valence-electron chi connectivity index (χ2n) is 2.93. The van der Waals surface area contributed by atoms with E-state index in [1.54, 1.807) is 6.92 Å². The summed E-state index contributed by atoms with van der Waals surface area (Å²) in [4.78, 5) is 10.9. The maximum atomic E-state index is 12.8. The van der Waals surface area contributed by atoms with Crippen molar-refractivity contribution in [3.63, 3.8) is 0 Å². The zero-order valence-electron chi connectivity index (χ0n) is 8.01. The van der Waals surface area contributed by atoms with E-state index in [1.807, 2.05) is 0 Å². The third kappa shape index (κ3) is 3.63. The fourth-order valence-electron chi connectivity index (χ4n) is 0.949. The van der Waals surface area contributed by atoms with Gasteiger partial charge in [0.05, 0.1) is 6.61 Å². The number of alkyl halides is 1. The first-order valence-electron chi connectivity index (χ1n) is 4.33. The van der Waals surface area contributed by atoms with Gasteiger partial charge in [0.1, 0.15) is 5.75 Å². The summed E-state index contributed by atoms with van der Waals surface area (Å²) in [5, 5.41) is 0. The van der Waals surface area contributed by atoms with E-state index in [0.717, 1.165) is 0 Å². The first kappa shape index (κ1) is 12.2. The van der Waals surface area contributed by atoms with Crippen molar-refractivity contribution in [2.75, 3.05) is 12.4 Å². The maximum absolute atomic E-state index is 12.8. The van der Waals surface area contributed by atoms with Crippen molar-refractivity contribution in [3.8, 4) is 0 Å². The molecule has 1 heterocycles. The van der Waals surface area contributed by atoms with E-state index in [1.165, 1.54) is 0 Å². The Morgan fingerprint density at radius 3 is 2.73 bits per heavy atom. The van der Waals surface area contributed by atoms with Crippen LogP contribution in [0.3, 0.4) is 0 Å². The number of hydrogen-bond donors (Lipinski definition) is 0. The molecule has 0 N–H and O–H groups in total. The fourth-order valence-corrected chi connectivity index (χ4v) is 2.05. The molecular formula is C7H11FO6S. The number of ether oxygens (including phenoxy) is 2. The number of halogens is 1. The third-order valence-corrected chi connectivity index (χ3v) is 2.78. The van der Waals surface area contributed by atoms with Crippen molar-refractivity contribution >= 4 is 16.3 Å². The van der Waals surface area contributed by atoms with Crippen molar-refractivity contribution in [3.05, 3.63) is 0 Å². The number of rotatable bonds is 3. The molecule has 6 nitrogen and oxygen atoms in total. The van der Waals surface area contributed by atoms with Crippen LogP contribution in [0.15, 0.2) is 0 Å². The molecule has 1 fully saturated rings. The standard InChI is InChI=1S/C7H11FO6S/c1-2-3-12-7(9)13-5-4-15(10,11)14-6(5)8/h5-6H,2-4H2,1H3. The minimum absolute atomic E-state index is 0.135. The number of carbonyl (C=O) groups excluding carboxylic acids is 1. The highest BCUT2D eigenvalue weighted by Gasteiger charge is 2.42. The van der Waals surface area contributed by atoms with Crippen LogP contribution in [0.25, 0.3) is 0 Å². The molecule has 2 atom stereocenters. The normalized spacial score (nSPS) is 28.7. The van der Waals surface area contributed by atoms with E-state index < -0.39 is 34.5 Å². The van der Waals surface area contributed by atoms with Crippen molar-refractivity contribution in [1.29, 1.82) is 0 Å². The zero-order chi connectivity index (χ0) is 11.5. The average molecular weight is 242 g/mol. The zero-order valence-corrected chi connectivity index (χ0v) is 8.83. The molecule has 15 heavy (non-hydrogen) atoms. The predicted molar refractivity (Wildman–Crippen MR) is 46.3 cm³/mol. The Kier molecular flexibility index (Phi) is 3.86. The summed E-state index contributed by atoms with van der Waals surface area (Å²) in [6, 6.07) is 0. The average Bonchev–Trinajstić information content (AvgIpc) is 2.36. The van der Waals surface area contributed by atoms with Gasteiger partial charge in [-0.1, -0.05) is 6.92 Å². The van der Waals surface area contributed by atoms with Crippen LogP contribution in [0.1, 0.15) is 13.3 Å². The molecule has 0 spiro atoms. The van der Waals surface area contributed by atoms with Crippen LogP contribution in [0.4, 0.5) is 9.18 Å². The van der Waals surface area contributed by atoms with Gasteiger partial charge in [0.25, 0.3) is 16.5 Å². The molecule has 2 unspecified atom stereocenters. The Morgan fingerprint density at radius 1 is 1.60 bits per heavy atom. The highest BCUT2D eigenvalue weighted by atomic mass is 32.2. The van der Waals surface area contributed by atoms with Gasteiger partial charge in [-0.05, 0) is 6.42 Å².